The van der Waals surface area contributed by atoms with E-state index in [0.717, 1.165) is 12.1 Å². The fourth-order valence-electron chi connectivity index (χ4n) is 3.72. The number of carbonyl (C=O) groups is 4. The highest BCUT2D eigenvalue weighted by Crippen LogP contribution is 2.24. The number of benzene rings is 1. The van der Waals surface area contributed by atoms with Crippen LogP contribution in [0.15, 0.2) is 24.3 Å². The van der Waals surface area contributed by atoms with Gasteiger partial charge in [0.1, 0.15) is 23.7 Å². The molecule has 1 aromatic rings. The monoisotopic (exact) mass is 503 g/mol. The van der Waals surface area contributed by atoms with Crippen molar-refractivity contribution in [2.24, 2.45) is 11.8 Å². The van der Waals surface area contributed by atoms with Crippen LogP contribution in [0.4, 0.5) is 22.4 Å². The van der Waals surface area contributed by atoms with E-state index in [4.69, 9.17) is 4.74 Å². The molecule has 12 heteroatoms. The van der Waals surface area contributed by atoms with E-state index in [2.05, 4.69) is 10.6 Å². The molecule has 1 aromatic carbocycles. The van der Waals surface area contributed by atoms with Gasteiger partial charge in [0.2, 0.25) is 11.8 Å². The molecule has 1 saturated heterocycles. The number of likely N-dealkylation sites (tertiary alicyclic amines) is 1. The van der Waals surface area contributed by atoms with E-state index in [1.165, 1.54) is 30.9 Å². The zero-order chi connectivity index (χ0) is 26.5. The van der Waals surface area contributed by atoms with Gasteiger partial charge in [-0.05, 0) is 48.9 Å². The molecular weight excluding hydrogens is 474 g/mol. The normalized spacial score (nSPS) is 17.8. The highest BCUT2D eigenvalue weighted by atomic mass is 19.4. The second-order valence-electron chi connectivity index (χ2n) is 8.99. The van der Waals surface area contributed by atoms with Crippen LogP contribution in [0.5, 0.6) is 5.75 Å². The van der Waals surface area contributed by atoms with Crippen LogP contribution in [0, 0.1) is 17.7 Å². The van der Waals surface area contributed by atoms with Crippen molar-refractivity contribution >= 4 is 23.7 Å². The number of nitrogens with zero attached hydrogens (tertiary/aromatic N) is 1. The quantitative estimate of drug-likeness (QED) is 0.531. The van der Waals surface area contributed by atoms with Gasteiger partial charge in [-0.1, -0.05) is 27.7 Å². The Labute approximate surface area is 200 Å². The molecule has 35 heavy (non-hydrogen) atoms. The van der Waals surface area contributed by atoms with Crippen molar-refractivity contribution < 1.29 is 41.5 Å². The van der Waals surface area contributed by atoms with Crippen LogP contribution in [0.1, 0.15) is 40.5 Å². The summed E-state index contributed by atoms with van der Waals surface area (Å²) in [6.45, 7) is 6.20. The first-order chi connectivity index (χ1) is 16.2. The first-order valence-corrected chi connectivity index (χ1v) is 11.2. The minimum absolute atomic E-state index is 0.0475. The van der Waals surface area contributed by atoms with E-state index in [0.29, 0.717) is 6.42 Å². The van der Waals surface area contributed by atoms with Crippen molar-refractivity contribution in [3.63, 3.8) is 0 Å². The molecule has 0 aromatic heterocycles. The van der Waals surface area contributed by atoms with Gasteiger partial charge in [0.05, 0.1) is 6.04 Å². The maximum atomic E-state index is 13.2. The lowest BCUT2D eigenvalue weighted by molar-refractivity contribution is -0.175. The Bertz CT molecular complexity index is 934. The van der Waals surface area contributed by atoms with Gasteiger partial charge in [0, 0.05) is 6.54 Å². The Morgan fingerprint density at radius 1 is 0.971 bits per heavy atom. The Morgan fingerprint density at radius 2 is 1.54 bits per heavy atom. The van der Waals surface area contributed by atoms with Gasteiger partial charge < -0.3 is 20.3 Å². The zero-order valence-corrected chi connectivity index (χ0v) is 19.8. The van der Waals surface area contributed by atoms with Crippen molar-refractivity contribution in [1.82, 2.24) is 15.5 Å². The van der Waals surface area contributed by atoms with E-state index in [-0.39, 0.29) is 18.7 Å². The molecule has 1 aliphatic heterocycles. The van der Waals surface area contributed by atoms with E-state index < -0.39 is 65.6 Å². The highest BCUT2D eigenvalue weighted by molar-refractivity contribution is 5.96. The lowest BCUT2D eigenvalue weighted by Crippen LogP contribution is -2.58. The fraction of sp³-hybridized carbons (Fsp3) is 0.565. The summed E-state index contributed by atoms with van der Waals surface area (Å²) in [5, 5.41) is 4.58. The summed E-state index contributed by atoms with van der Waals surface area (Å²) in [6, 6.07) is 0.661. The summed E-state index contributed by atoms with van der Waals surface area (Å²) < 4.78 is 56.9. The Balaban J connectivity index is 2.12. The number of carbonyl (C=O) groups excluding carboxylic acids is 4. The summed E-state index contributed by atoms with van der Waals surface area (Å²) in [4.78, 5) is 51.3. The van der Waals surface area contributed by atoms with E-state index in [1.54, 1.807) is 13.8 Å². The third-order valence-electron chi connectivity index (χ3n) is 5.60. The van der Waals surface area contributed by atoms with E-state index >= 15 is 0 Å². The molecule has 1 aliphatic rings. The Morgan fingerprint density at radius 3 is 2.06 bits per heavy atom. The fourth-order valence-corrected chi connectivity index (χ4v) is 3.72. The van der Waals surface area contributed by atoms with Crippen LogP contribution < -0.4 is 15.4 Å². The minimum atomic E-state index is -5.12. The van der Waals surface area contributed by atoms with Crippen LogP contribution in [0.2, 0.25) is 0 Å². The molecule has 8 nitrogen and oxygen atoms in total. The van der Waals surface area contributed by atoms with Gasteiger partial charge in [-0.3, -0.25) is 14.4 Å². The van der Waals surface area contributed by atoms with E-state index in [1.807, 2.05) is 0 Å². The van der Waals surface area contributed by atoms with Gasteiger partial charge in [0.25, 0.3) is 5.78 Å². The van der Waals surface area contributed by atoms with Crippen molar-refractivity contribution in [2.75, 3.05) is 6.54 Å². The minimum Gasteiger partial charge on any atom is -0.410 e. The molecule has 0 spiro atoms. The van der Waals surface area contributed by atoms with Gasteiger partial charge in [-0.15, -0.1) is 0 Å². The predicted molar refractivity (Wildman–Crippen MR) is 117 cm³/mol. The van der Waals surface area contributed by atoms with Crippen LogP contribution in [0.3, 0.4) is 0 Å². The van der Waals surface area contributed by atoms with Crippen LogP contribution in [-0.4, -0.2) is 59.4 Å². The maximum Gasteiger partial charge on any atom is 0.452 e. The van der Waals surface area contributed by atoms with Crippen molar-refractivity contribution in [3.05, 3.63) is 30.1 Å². The molecule has 3 atom stereocenters. The molecule has 0 saturated carbocycles. The molecule has 0 aliphatic carbocycles. The zero-order valence-electron chi connectivity index (χ0n) is 19.8. The molecule has 2 rings (SSSR count). The van der Waals surface area contributed by atoms with Gasteiger partial charge in [-0.25, -0.2) is 9.18 Å². The van der Waals surface area contributed by atoms with Crippen molar-refractivity contribution in [1.29, 1.82) is 0 Å². The molecular formula is C23H29F4N3O5. The number of hydrogen-bond donors (Lipinski definition) is 2. The number of alkyl halides is 3. The molecule has 1 fully saturated rings. The maximum absolute atomic E-state index is 13.2. The molecule has 3 amide bonds. The number of ketones is 1. The summed E-state index contributed by atoms with van der Waals surface area (Å²) in [5.41, 5.74) is 0. The van der Waals surface area contributed by atoms with Gasteiger partial charge >= 0.3 is 12.3 Å². The first-order valence-electron chi connectivity index (χ1n) is 11.2. The number of hydrogen-bond acceptors (Lipinski definition) is 5. The average Bonchev–Trinajstić information content (AvgIpc) is 3.25. The third kappa shape index (κ3) is 7.40. The molecule has 1 heterocycles. The summed E-state index contributed by atoms with van der Waals surface area (Å²) in [7, 11) is 0. The molecule has 2 N–H and O–H groups in total. The molecule has 0 radical (unpaired) electrons. The predicted octanol–water partition coefficient (Wildman–Crippen LogP) is 3.20. The lowest BCUT2D eigenvalue weighted by atomic mass is 9.98. The number of Topliss-reactive ketones (excluding diaryl/α,β-unsaturated/α-hetero) is 1. The van der Waals surface area contributed by atoms with Crippen LogP contribution in [-0.2, 0) is 14.4 Å². The number of rotatable bonds is 8. The molecule has 194 valence electrons. The van der Waals surface area contributed by atoms with Crippen LogP contribution >= 0.6 is 0 Å². The van der Waals surface area contributed by atoms with Crippen molar-refractivity contribution in [2.45, 2.75) is 64.8 Å². The average molecular weight is 503 g/mol. The number of halogens is 4. The summed E-state index contributed by atoms with van der Waals surface area (Å²) in [6.07, 6.45) is -5.49. The number of amides is 3. The van der Waals surface area contributed by atoms with E-state index in [9.17, 15) is 36.7 Å². The second kappa shape index (κ2) is 11.5. The standard InChI is InChI=1S/C23H29F4N3O5/c1-12(2)17(19(31)23(25,26)27)28-20(32)16-6-5-11-30(16)21(33)18(13(3)4)29-22(34)35-15-9-7-14(24)8-10-15/h7-10,12-13,16-18H,5-6,11H2,1-4H3,(H,28,32)(H,29,34)/t16-,17?,18-/m0/s1. The topological polar surface area (TPSA) is 105 Å². The third-order valence-corrected chi connectivity index (χ3v) is 5.60. The summed E-state index contributed by atoms with van der Waals surface area (Å²) in [5.74, 6) is -5.29. The first kappa shape index (κ1) is 28.1. The number of ether oxygens (including phenoxy) is 1. The molecule has 0 bridgehead atoms. The van der Waals surface area contributed by atoms with Gasteiger partial charge in [-0.2, -0.15) is 13.2 Å². The van der Waals surface area contributed by atoms with Gasteiger partial charge in [0.15, 0.2) is 0 Å². The van der Waals surface area contributed by atoms with Crippen LogP contribution in [0.25, 0.3) is 0 Å². The molecule has 1 unspecified atom stereocenters. The smallest absolute Gasteiger partial charge is 0.410 e. The van der Waals surface area contributed by atoms with Crippen molar-refractivity contribution in [3.8, 4) is 5.75 Å². The largest absolute Gasteiger partial charge is 0.452 e. The summed E-state index contributed by atoms with van der Waals surface area (Å²) >= 11 is 0. The SMILES string of the molecule is CC(C)C(NC(=O)[C@@H]1CCCN1C(=O)[C@@H](NC(=O)Oc1ccc(F)cc1)C(C)C)C(=O)C(F)(F)F. The Kier molecular flexibility index (Phi) is 9.22. The second-order valence-corrected chi connectivity index (χ2v) is 8.99. The lowest BCUT2D eigenvalue weighted by Gasteiger charge is -2.31. The highest BCUT2D eigenvalue weighted by Gasteiger charge is 2.46. The number of nitrogens with one attached hydrogen (secondary N) is 2. The Hall–Kier alpha value is -3.18.